The van der Waals surface area contributed by atoms with Crippen molar-refractivity contribution in [1.29, 1.82) is 0 Å². The number of thiophene rings is 1. The van der Waals surface area contributed by atoms with Gasteiger partial charge in [0.25, 0.3) is 11.8 Å². The number of hydrogen-bond donors (Lipinski definition) is 1. The molecule has 2 amide bonds. The van der Waals surface area contributed by atoms with Gasteiger partial charge in [0.1, 0.15) is 5.57 Å². The van der Waals surface area contributed by atoms with Crippen molar-refractivity contribution in [2.75, 3.05) is 11.2 Å². The third-order valence-electron chi connectivity index (χ3n) is 3.28. The number of thioether (sulfide) groups is 1. The van der Waals surface area contributed by atoms with Crippen molar-refractivity contribution in [2.45, 2.75) is 4.21 Å². The Bertz CT molecular complexity index is 858. The Morgan fingerprint density at radius 1 is 1.21 bits per heavy atom. The van der Waals surface area contributed by atoms with Gasteiger partial charge in [0.15, 0.2) is 5.11 Å². The molecule has 8 heteroatoms. The van der Waals surface area contributed by atoms with Gasteiger partial charge >= 0.3 is 0 Å². The number of halogens is 1. The average Bonchev–Trinajstić information content (AvgIpc) is 3.01. The van der Waals surface area contributed by atoms with E-state index >= 15 is 0 Å². The van der Waals surface area contributed by atoms with Crippen molar-refractivity contribution in [3.05, 3.63) is 51.9 Å². The van der Waals surface area contributed by atoms with Crippen LogP contribution in [0.2, 0.25) is 5.02 Å². The summed E-state index contributed by atoms with van der Waals surface area (Å²) in [5.41, 5.74) is 0.601. The molecule has 1 aliphatic heterocycles. The van der Waals surface area contributed by atoms with Crippen molar-refractivity contribution >= 4 is 75.6 Å². The molecule has 2 aromatic rings. The maximum Gasteiger partial charge on any atom is 0.270 e. The van der Waals surface area contributed by atoms with E-state index in [2.05, 4.69) is 5.32 Å². The summed E-state index contributed by atoms with van der Waals surface area (Å²) in [5, 5.41) is 3.17. The Kier molecular flexibility index (Phi) is 5.05. The highest BCUT2D eigenvalue weighted by Crippen LogP contribution is 2.28. The normalized spacial score (nSPS) is 16.7. The first-order valence-electron chi connectivity index (χ1n) is 6.80. The summed E-state index contributed by atoms with van der Waals surface area (Å²) in [6, 6.07) is 10.5. The lowest BCUT2D eigenvalue weighted by Gasteiger charge is -2.28. The first kappa shape index (κ1) is 17.2. The van der Waals surface area contributed by atoms with E-state index in [0.29, 0.717) is 10.7 Å². The molecule has 3 rings (SSSR count). The van der Waals surface area contributed by atoms with Gasteiger partial charge in [-0.1, -0.05) is 11.6 Å². The summed E-state index contributed by atoms with van der Waals surface area (Å²) < 4.78 is 1.11. The highest BCUT2D eigenvalue weighted by molar-refractivity contribution is 8.00. The summed E-state index contributed by atoms with van der Waals surface area (Å²) in [5.74, 6) is -0.945. The molecule has 0 aliphatic carbocycles. The summed E-state index contributed by atoms with van der Waals surface area (Å²) in [6.45, 7) is 0. The van der Waals surface area contributed by atoms with Crippen LogP contribution in [0.25, 0.3) is 6.08 Å². The van der Waals surface area contributed by atoms with E-state index in [1.54, 1.807) is 42.1 Å². The van der Waals surface area contributed by atoms with Gasteiger partial charge in [0.05, 0.1) is 9.90 Å². The predicted molar refractivity (Wildman–Crippen MR) is 104 cm³/mol. The second kappa shape index (κ2) is 7.06. The van der Waals surface area contributed by atoms with Crippen LogP contribution in [0.3, 0.4) is 0 Å². The number of nitrogens with one attached hydrogen (secondary N) is 1. The first-order chi connectivity index (χ1) is 11.5. The molecule has 0 unspecified atom stereocenters. The van der Waals surface area contributed by atoms with Gasteiger partial charge in [0, 0.05) is 9.90 Å². The highest BCUT2D eigenvalue weighted by atomic mass is 35.5. The first-order valence-corrected chi connectivity index (χ1v) is 9.63. The van der Waals surface area contributed by atoms with Crippen molar-refractivity contribution in [3.8, 4) is 0 Å². The molecule has 1 aromatic carbocycles. The highest BCUT2D eigenvalue weighted by Gasteiger charge is 2.34. The average molecular weight is 395 g/mol. The quantitative estimate of drug-likeness (QED) is 0.370. The van der Waals surface area contributed by atoms with Crippen molar-refractivity contribution in [3.63, 3.8) is 0 Å². The molecule has 0 saturated carbocycles. The molecule has 2 heterocycles. The van der Waals surface area contributed by atoms with Crippen LogP contribution in [-0.2, 0) is 9.59 Å². The minimum Gasteiger partial charge on any atom is -0.298 e. The Labute approximate surface area is 157 Å². The lowest BCUT2D eigenvalue weighted by molar-refractivity contribution is -0.122. The fourth-order valence-corrected chi connectivity index (χ4v) is 4.06. The van der Waals surface area contributed by atoms with Crippen LogP contribution in [0.1, 0.15) is 4.88 Å². The van der Waals surface area contributed by atoms with E-state index in [-0.39, 0.29) is 10.7 Å². The summed E-state index contributed by atoms with van der Waals surface area (Å²) in [4.78, 5) is 27.1. The SMILES string of the molecule is CSc1ccc(C=C2C(=O)NC(=S)N(c3ccc(Cl)cc3)C2=O)s1. The number of rotatable bonds is 3. The second-order valence-corrected chi connectivity index (χ2v) is 7.84. The zero-order valence-electron chi connectivity index (χ0n) is 12.4. The third kappa shape index (κ3) is 3.39. The number of anilines is 1. The van der Waals surface area contributed by atoms with Crippen LogP contribution < -0.4 is 10.2 Å². The lowest BCUT2D eigenvalue weighted by Crippen LogP contribution is -2.54. The Morgan fingerprint density at radius 3 is 2.54 bits per heavy atom. The van der Waals surface area contributed by atoms with Gasteiger partial charge in [-0.05, 0) is 60.9 Å². The van der Waals surface area contributed by atoms with Crippen LogP contribution >= 0.6 is 46.9 Å². The molecule has 1 saturated heterocycles. The van der Waals surface area contributed by atoms with Crippen LogP contribution in [-0.4, -0.2) is 23.2 Å². The fraction of sp³-hybridized carbons (Fsp3) is 0.0625. The second-order valence-electron chi connectivity index (χ2n) is 4.80. The number of benzene rings is 1. The molecule has 1 aromatic heterocycles. The Hall–Kier alpha value is -1.67. The maximum absolute atomic E-state index is 12.8. The minimum absolute atomic E-state index is 0.0491. The van der Waals surface area contributed by atoms with Crippen molar-refractivity contribution < 1.29 is 9.59 Å². The topological polar surface area (TPSA) is 49.4 Å². The van der Waals surface area contributed by atoms with E-state index in [1.165, 1.54) is 16.2 Å². The molecule has 24 heavy (non-hydrogen) atoms. The van der Waals surface area contributed by atoms with E-state index < -0.39 is 11.8 Å². The Morgan fingerprint density at radius 2 is 1.92 bits per heavy atom. The van der Waals surface area contributed by atoms with Gasteiger partial charge < -0.3 is 0 Å². The van der Waals surface area contributed by atoms with Gasteiger partial charge in [0.2, 0.25) is 0 Å². The number of carbonyl (C=O) groups excluding carboxylic acids is 2. The summed E-state index contributed by atoms with van der Waals surface area (Å²) >= 11 is 14.2. The molecular weight excluding hydrogens is 384 g/mol. The largest absolute Gasteiger partial charge is 0.298 e. The minimum atomic E-state index is -0.491. The van der Waals surface area contributed by atoms with E-state index in [1.807, 2.05) is 18.4 Å². The molecule has 1 fully saturated rings. The number of thiocarbonyl (C=S) groups is 1. The molecule has 122 valence electrons. The molecule has 1 N–H and O–H groups in total. The van der Waals surface area contributed by atoms with Crippen LogP contribution in [0.15, 0.2) is 46.2 Å². The number of nitrogens with zero attached hydrogens (tertiary/aromatic N) is 1. The standard InChI is InChI=1S/C16H11ClN2O2S3/c1-23-13-7-6-11(24-13)8-12-14(20)18-16(22)19(15(12)21)10-4-2-9(17)3-5-10/h2-8H,1H3,(H,18,20,22). The molecule has 0 atom stereocenters. The number of hydrogen-bond acceptors (Lipinski definition) is 5. The van der Waals surface area contributed by atoms with E-state index in [0.717, 1.165) is 9.09 Å². The smallest absolute Gasteiger partial charge is 0.270 e. The van der Waals surface area contributed by atoms with Gasteiger partial charge in [-0.25, -0.2) is 0 Å². The van der Waals surface area contributed by atoms with Crippen LogP contribution in [0.5, 0.6) is 0 Å². The zero-order valence-corrected chi connectivity index (χ0v) is 15.6. The van der Waals surface area contributed by atoms with E-state index in [4.69, 9.17) is 23.8 Å². The molecule has 0 spiro atoms. The predicted octanol–water partition coefficient (Wildman–Crippen LogP) is 3.95. The molecule has 0 bridgehead atoms. The molecular formula is C16H11ClN2O2S3. The summed E-state index contributed by atoms with van der Waals surface area (Å²) in [7, 11) is 0. The van der Waals surface area contributed by atoms with Gasteiger partial charge in [-0.3, -0.25) is 19.8 Å². The van der Waals surface area contributed by atoms with Gasteiger partial charge in [-0.2, -0.15) is 0 Å². The molecule has 0 radical (unpaired) electrons. The lowest BCUT2D eigenvalue weighted by atomic mass is 10.1. The molecule has 1 aliphatic rings. The zero-order chi connectivity index (χ0) is 17.3. The van der Waals surface area contributed by atoms with Crippen molar-refractivity contribution in [2.24, 2.45) is 0 Å². The van der Waals surface area contributed by atoms with Crippen LogP contribution in [0, 0.1) is 0 Å². The fourth-order valence-electron chi connectivity index (χ4n) is 2.15. The maximum atomic E-state index is 12.8. The monoisotopic (exact) mass is 394 g/mol. The van der Waals surface area contributed by atoms with Crippen molar-refractivity contribution in [1.82, 2.24) is 5.32 Å². The van der Waals surface area contributed by atoms with Gasteiger partial charge in [-0.15, -0.1) is 23.1 Å². The number of amides is 2. The summed E-state index contributed by atoms with van der Waals surface area (Å²) in [6.07, 6.45) is 3.56. The molecule has 4 nitrogen and oxygen atoms in total. The van der Waals surface area contributed by atoms with E-state index in [9.17, 15) is 9.59 Å². The van der Waals surface area contributed by atoms with Crippen LogP contribution in [0.4, 0.5) is 5.69 Å². The Balaban J connectivity index is 1.98. The third-order valence-corrected chi connectivity index (χ3v) is 5.93. The number of carbonyl (C=O) groups is 2.